The highest BCUT2D eigenvalue weighted by atomic mass is 79.9. The van der Waals surface area contributed by atoms with E-state index in [-0.39, 0.29) is 0 Å². The van der Waals surface area contributed by atoms with E-state index in [4.69, 9.17) is 0 Å². The van der Waals surface area contributed by atoms with Crippen LogP contribution < -0.4 is 5.32 Å². The van der Waals surface area contributed by atoms with Crippen molar-refractivity contribution in [3.63, 3.8) is 0 Å². The molecule has 17 heavy (non-hydrogen) atoms. The van der Waals surface area contributed by atoms with Crippen molar-refractivity contribution in [3.8, 4) is 0 Å². The highest BCUT2D eigenvalue weighted by molar-refractivity contribution is 9.10. The fourth-order valence-electron chi connectivity index (χ4n) is 2.45. The fourth-order valence-corrected chi connectivity index (χ4v) is 2.88. The molecule has 0 amide bonds. The summed E-state index contributed by atoms with van der Waals surface area (Å²) in [5, 5.41) is 8.16. The van der Waals surface area contributed by atoms with E-state index in [1.165, 1.54) is 29.4 Å². The third kappa shape index (κ3) is 2.91. The topological polar surface area (TPSA) is 29.9 Å². The van der Waals surface area contributed by atoms with E-state index < -0.39 is 0 Å². The molecule has 1 aliphatic rings. The highest BCUT2D eigenvalue weighted by Crippen LogP contribution is 2.35. The zero-order valence-corrected chi connectivity index (χ0v) is 12.5. The number of hydrogen-bond donors (Lipinski definition) is 1. The van der Waals surface area contributed by atoms with E-state index in [2.05, 4.69) is 51.8 Å². The largest absolute Gasteiger partial charge is 0.308 e. The lowest BCUT2D eigenvalue weighted by atomic mass is 10.2. The summed E-state index contributed by atoms with van der Waals surface area (Å²) in [7, 11) is 0. The minimum atomic E-state index is 0.738. The molecule has 1 saturated carbocycles. The average molecular weight is 300 g/mol. The van der Waals surface area contributed by atoms with E-state index in [1.54, 1.807) is 0 Å². The maximum atomic E-state index is 4.51. The van der Waals surface area contributed by atoms with E-state index in [0.29, 0.717) is 0 Å². The predicted molar refractivity (Wildman–Crippen MR) is 74.0 cm³/mol. The molecule has 1 N–H and O–H groups in total. The van der Waals surface area contributed by atoms with Gasteiger partial charge in [0.25, 0.3) is 0 Å². The van der Waals surface area contributed by atoms with Crippen molar-refractivity contribution >= 4 is 15.9 Å². The summed E-state index contributed by atoms with van der Waals surface area (Å²) in [6, 6.07) is 0.738. The van der Waals surface area contributed by atoms with Gasteiger partial charge in [0.05, 0.1) is 15.9 Å². The average Bonchev–Trinajstić information content (AvgIpc) is 2.99. The molecule has 1 aliphatic carbocycles. The molecular formula is C13H22BrN3. The summed E-state index contributed by atoms with van der Waals surface area (Å²) in [6.45, 7) is 8.32. The van der Waals surface area contributed by atoms with Gasteiger partial charge in [-0.25, -0.2) is 0 Å². The van der Waals surface area contributed by atoms with Crippen molar-refractivity contribution in [2.24, 2.45) is 5.92 Å². The first kappa shape index (κ1) is 13.1. The van der Waals surface area contributed by atoms with Crippen molar-refractivity contribution < 1.29 is 0 Å². The highest BCUT2D eigenvalue weighted by Gasteiger charge is 2.35. The summed E-state index contributed by atoms with van der Waals surface area (Å²) in [4.78, 5) is 0. The van der Waals surface area contributed by atoms with Gasteiger partial charge in [0.15, 0.2) is 0 Å². The van der Waals surface area contributed by atoms with Crippen LogP contribution in [0.25, 0.3) is 0 Å². The van der Waals surface area contributed by atoms with Gasteiger partial charge >= 0.3 is 0 Å². The summed E-state index contributed by atoms with van der Waals surface area (Å²) in [5.74, 6) is 0.915. The van der Waals surface area contributed by atoms with Gasteiger partial charge in [-0.15, -0.1) is 0 Å². The van der Waals surface area contributed by atoms with E-state index in [1.807, 2.05) is 0 Å². The van der Waals surface area contributed by atoms with Gasteiger partial charge < -0.3 is 5.32 Å². The maximum absolute atomic E-state index is 4.51. The van der Waals surface area contributed by atoms with Gasteiger partial charge in [0, 0.05) is 19.1 Å². The van der Waals surface area contributed by atoms with Gasteiger partial charge in [0.2, 0.25) is 0 Å². The molecule has 2 unspecified atom stereocenters. The van der Waals surface area contributed by atoms with Crippen LogP contribution in [0.15, 0.2) is 4.47 Å². The van der Waals surface area contributed by atoms with Gasteiger partial charge in [-0.05, 0) is 48.5 Å². The van der Waals surface area contributed by atoms with Crippen molar-refractivity contribution in [1.29, 1.82) is 0 Å². The molecule has 2 atom stereocenters. The second kappa shape index (κ2) is 5.53. The quantitative estimate of drug-likeness (QED) is 0.874. The molecule has 0 bridgehead atoms. The van der Waals surface area contributed by atoms with E-state index in [0.717, 1.165) is 30.7 Å². The first-order chi connectivity index (χ1) is 8.17. The molecule has 0 aliphatic heterocycles. The number of hydrogen-bond acceptors (Lipinski definition) is 2. The fraction of sp³-hybridized carbons (Fsp3) is 0.769. The van der Waals surface area contributed by atoms with Crippen LogP contribution in [-0.2, 0) is 13.1 Å². The Morgan fingerprint density at radius 3 is 2.88 bits per heavy atom. The van der Waals surface area contributed by atoms with Crippen LogP contribution in [0, 0.1) is 12.8 Å². The van der Waals surface area contributed by atoms with Crippen LogP contribution in [0.1, 0.15) is 44.5 Å². The second-order valence-electron chi connectivity index (χ2n) is 4.93. The Kier molecular flexibility index (Phi) is 4.26. The summed E-state index contributed by atoms with van der Waals surface area (Å²) < 4.78 is 3.25. The van der Waals surface area contributed by atoms with Gasteiger partial charge in [-0.3, -0.25) is 4.68 Å². The van der Waals surface area contributed by atoms with Crippen LogP contribution in [0.2, 0.25) is 0 Å². The third-order valence-electron chi connectivity index (χ3n) is 3.57. The molecule has 0 spiro atoms. The molecular weight excluding hydrogens is 278 g/mol. The molecule has 96 valence electrons. The summed E-state index contributed by atoms with van der Waals surface area (Å²) in [5.41, 5.74) is 2.37. The predicted octanol–water partition coefficient (Wildman–Crippen LogP) is 3.25. The molecule has 0 radical (unpaired) electrons. The number of aromatic nitrogens is 2. The van der Waals surface area contributed by atoms with E-state index >= 15 is 0 Å². The Hall–Kier alpha value is -0.350. The standard InChI is InChI=1S/C13H22BrN3/c1-4-6-10-7-11(10)15-8-12-13(14)9(3)16-17(12)5-2/h10-11,15H,4-8H2,1-3H3. The number of nitrogens with zero attached hydrogens (tertiary/aromatic N) is 2. The smallest absolute Gasteiger partial charge is 0.0739 e. The maximum Gasteiger partial charge on any atom is 0.0739 e. The zero-order chi connectivity index (χ0) is 12.4. The van der Waals surface area contributed by atoms with E-state index in [9.17, 15) is 0 Å². The van der Waals surface area contributed by atoms with Crippen LogP contribution in [0.3, 0.4) is 0 Å². The molecule has 1 aromatic heterocycles. The Bertz CT molecular complexity index is 386. The minimum Gasteiger partial charge on any atom is -0.308 e. The van der Waals surface area contributed by atoms with Crippen molar-refractivity contribution in [2.75, 3.05) is 0 Å². The normalized spacial score (nSPS) is 23.1. The van der Waals surface area contributed by atoms with Crippen LogP contribution >= 0.6 is 15.9 Å². The molecule has 3 nitrogen and oxygen atoms in total. The van der Waals surface area contributed by atoms with Crippen molar-refractivity contribution in [2.45, 2.75) is 59.2 Å². The molecule has 2 rings (SSSR count). The lowest BCUT2D eigenvalue weighted by molar-refractivity contribution is 0.553. The number of halogens is 1. The lowest BCUT2D eigenvalue weighted by Gasteiger charge is -2.07. The van der Waals surface area contributed by atoms with Crippen molar-refractivity contribution in [1.82, 2.24) is 15.1 Å². The molecule has 0 saturated heterocycles. The minimum absolute atomic E-state index is 0.738. The Labute approximate surface area is 112 Å². The third-order valence-corrected chi connectivity index (χ3v) is 4.60. The first-order valence-electron chi connectivity index (χ1n) is 6.62. The van der Waals surface area contributed by atoms with Gasteiger partial charge in [0.1, 0.15) is 0 Å². The second-order valence-corrected chi connectivity index (χ2v) is 5.73. The monoisotopic (exact) mass is 299 g/mol. The Morgan fingerprint density at radius 1 is 1.47 bits per heavy atom. The molecule has 0 aromatic carbocycles. The summed E-state index contributed by atoms with van der Waals surface area (Å²) >= 11 is 3.63. The Balaban J connectivity index is 1.91. The molecule has 1 heterocycles. The van der Waals surface area contributed by atoms with Crippen LogP contribution in [0.5, 0.6) is 0 Å². The van der Waals surface area contributed by atoms with Gasteiger partial charge in [-0.2, -0.15) is 5.10 Å². The van der Waals surface area contributed by atoms with Crippen LogP contribution in [0.4, 0.5) is 0 Å². The first-order valence-corrected chi connectivity index (χ1v) is 7.41. The zero-order valence-electron chi connectivity index (χ0n) is 11.0. The molecule has 1 aromatic rings. The summed E-state index contributed by atoms with van der Waals surface area (Å²) in [6.07, 6.45) is 4.02. The Morgan fingerprint density at radius 2 is 2.24 bits per heavy atom. The van der Waals surface area contributed by atoms with Gasteiger partial charge in [-0.1, -0.05) is 13.3 Å². The van der Waals surface area contributed by atoms with Crippen LogP contribution in [-0.4, -0.2) is 15.8 Å². The molecule has 1 fully saturated rings. The number of rotatable bonds is 6. The SMILES string of the molecule is CCCC1CC1NCc1c(Br)c(C)nn1CC. The lowest BCUT2D eigenvalue weighted by Crippen LogP contribution is -2.20. The number of nitrogens with one attached hydrogen (secondary N) is 1. The van der Waals surface area contributed by atoms with Crippen molar-refractivity contribution in [3.05, 3.63) is 15.9 Å². The number of aryl methyl sites for hydroxylation is 2. The molecule has 4 heteroatoms.